The van der Waals surface area contributed by atoms with Gasteiger partial charge in [0.2, 0.25) is 0 Å². The minimum atomic E-state index is -1.49. The van der Waals surface area contributed by atoms with Crippen LogP contribution in [-0.2, 0) is 35.8 Å². The lowest BCUT2D eigenvalue weighted by Crippen LogP contribution is -2.23. The Morgan fingerprint density at radius 2 is 1.74 bits per heavy atom. The van der Waals surface area contributed by atoms with Crippen LogP contribution in [0.2, 0.25) is 51.4 Å². The number of fused-ring (bicyclic) bond motifs is 3. The van der Waals surface area contributed by atoms with Crippen LogP contribution in [0.1, 0.15) is 24.6 Å². The van der Waals surface area contributed by atoms with Crippen molar-refractivity contribution < 1.29 is 28.2 Å². The van der Waals surface area contributed by atoms with Gasteiger partial charge in [0.05, 0.1) is 11.2 Å². The quantitative estimate of drug-likeness (QED) is 0.167. The summed E-state index contributed by atoms with van der Waals surface area (Å²) in [5.74, 6) is -1.58. The molecule has 1 saturated carbocycles. The predicted molar refractivity (Wildman–Crippen MR) is 164 cm³/mol. The Kier molecular flexibility index (Phi) is 8.18. The zero-order chi connectivity index (χ0) is 30.6. The van der Waals surface area contributed by atoms with Crippen molar-refractivity contribution in [2.45, 2.75) is 91.0 Å². The van der Waals surface area contributed by atoms with Gasteiger partial charge in [-0.25, -0.2) is 23.2 Å². The van der Waals surface area contributed by atoms with Crippen LogP contribution in [0, 0.1) is 23.0 Å². The van der Waals surface area contributed by atoms with Crippen molar-refractivity contribution in [1.29, 1.82) is 0 Å². The number of imidazole rings is 1. The minimum absolute atomic E-state index is 0.0450. The molecule has 1 amide bonds. The molecule has 230 valence electrons. The number of ether oxygens (including phenoxy) is 2. The van der Waals surface area contributed by atoms with Gasteiger partial charge in [-0.3, -0.25) is 9.88 Å². The SMILES string of the molecule is C[C@@]12Cc3c(c(-c4nc5c(F)c(F)c(NC(=O)O)cc5n4COCC[Si](C)(C)C)nn3COCC[Si](C)(C)C)C[C@@H]1C2. The van der Waals surface area contributed by atoms with Crippen molar-refractivity contribution in [3.8, 4) is 11.5 Å². The molecule has 42 heavy (non-hydrogen) atoms. The Balaban J connectivity index is 1.58. The number of carboxylic acid groups (broad SMARTS) is 1. The number of aromatic nitrogens is 4. The molecule has 2 N–H and O–H groups in total. The normalized spacial score (nSPS) is 20.1. The lowest BCUT2D eigenvalue weighted by molar-refractivity contribution is 0.0756. The summed E-state index contributed by atoms with van der Waals surface area (Å²) in [6.45, 7) is 17.5. The van der Waals surface area contributed by atoms with Crippen molar-refractivity contribution in [2.75, 3.05) is 18.5 Å². The third-order valence-electron chi connectivity index (χ3n) is 8.53. The van der Waals surface area contributed by atoms with Gasteiger partial charge in [-0.05, 0) is 48.7 Å². The first kappa shape index (κ1) is 30.8. The topological polar surface area (TPSA) is 103 Å². The molecule has 0 bridgehead atoms. The van der Waals surface area contributed by atoms with Crippen molar-refractivity contribution in [3.63, 3.8) is 0 Å². The molecule has 2 aromatic heterocycles. The zero-order valence-corrected chi connectivity index (χ0v) is 27.7. The Hall–Kier alpha value is -2.62. The first-order valence-electron chi connectivity index (χ1n) is 14.7. The molecule has 0 aliphatic heterocycles. The Morgan fingerprint density at radius 3 is 2.36 bits per heavy atom. The molecule has 0 unspecified atom stereocenters. The van der Waals surface area contributed by atoms with E-state index in [1.807, 2.05) is 10.00 Å². The number of nitrogens with one attached hydrogen (secondary N) is 1. The largest absolute Gasteiger partial charge is 0.465 e. The number of hydrogen-bond acceptors (Lipinski definition) is 5. The van der Waals surface area contributed by atoms with E-state index in [0.29, 0.717) is 37.4 Å². The van der Waals surface area contributed by atoms with Crippen LogP contribution in [0.25, 0.3) is 22.6 Å². The van der Waals surface area contributed by atoms with Gasteiger partial charge < -0.3 is 14.6 Å². The summed E-state index contributed by atoms with van der Waals surface area (Å²) in [5, 5.41) is 16.2. The molecule has 2 heterocycles. The molecule has 5 rings (SSSR count). The second-order valence-corrected chi connectivity index (χ2v) is 25.9. The zero-order valence-electron chi connectivity index (χ0n) is 25.7. The van der Waals surface area contributed by atoms with Gasteiger partial charge >= 0.3 is 6.09 Å². The summed E-state index contributed by atoms with van der Waals surface area (Å²) in [6.07, 6.45) is 1.36. The smallest absolute Gasteiger partial charge is 0.409 e. The van der Waals surface area contributed by atoms with Crippen molar-refractivity contribution in [1.82, 2.24) is 19.3 Å². The summed E-state index contributed by atoms with van der Waals surface area (Å²) >= 11 is 0. The summed E-state index contributed by atoms with van der Waals surface area (Å²) in [6, 6.07) is 3.26. The molecule has 2 atom stereocenters. The van der Waals surface area contributed by atoms with Crippen LogP contribution in [0.5, 0.6) is 0 Å². The molecule has 1 aromatic carbocycles. The van der Waals surface area contributed by atoms with Crippen LogP contribution in [-0.4, -0.2) is 59.9 Å². The van der Waals surface area contributed by atoms with E-state index in [1.165, 1.54) is 6.07 Å². The fourth-order valence-corrected chi connectivity index (χ4v) is 7.19. The third kappa shape index (κ3) is 6.48. The molecule has 9 nitrogen and oxygen atoms in total. The molecule has 1 fully saturated rings. The van der Waals surface area contributed by atoms with Crippen LogP contribution in [0.4, 0.5) is 19.3 Å². The van der Waals surface area contributed by atoms with Gasteiger partial charge in [0.25, 0.3) is 0 Å². The molecule has 0 saturated heterocycles. The fourth-order valence-electron chi connectivity index (χ4n) is 5.68. The van der Waals surface area contributed by atoms with E-state index in [-0.39, 0.29) is 23.2 Å². The highest BCUT2D eigenvalue weighted by molar-refractivity contribution is 6.76. The predicted octanol–water partition coefficient (Wildman–Crippen LogP) is 7.02. The number of carbonyl (C=O) groups is 1. The van der Waals surface area contributed by atoms with E-state index in [1.54, 1.807) is 4.57 Å². The molecule has 2 aliphatic rings. The number of rotatable bonds is 12. The molecule has 3 aromatic rings. The van der Waals surface area contributed by atoms with E-state index < -0.39 is 39.6 Å². The maximum absolute atomic E-state index is 15.4. The second kappa shape index (κ2) is 11.1. The highest BCUT2D eigenvalue weighted by Crippen LogP contribution is 2.60. The van der Waals surface area contributed by atoms with Crippen molar-refractivity contribution in [3.05, 3.63) is 29.0 Å². The van der Waals surface area contributed by atoms with Gasteiger partial charge in [-0.1, -0.05) is 46.2 Å². The first-order valence-corrected chi connectivity index (χ1v) is 22.1. The molecule has 0 spiro atoms. The lowest BCUT2D eigenvalue weighted by atomic mass is 9.87. The second-order valence-electron chi connectivity index (χ2n) is 14.6. The van der Waals surface area contributed by atoms with Gasteiger partial charge in [0.1, 0.15) is 24.7 Å². The number of anilines is 1. The van der Waals surface area contributed by atoms with Crippen molar-refractivity contribution in [2.24, 2.45) is 11.3 Å². The number of benzene rings is 1. The molecule has 13 heteroatoms. The number of hydrogen-bond donors (Lipinski definition) is 2. The van der Waals surface area contributed by atoms with E-state index in [0.717, 1.165) is 42.6 Å². The van der Waals surface area contributed by atoms with Crippen LogP contribution >= 0.6 is 0 Å². The van der Waals surface area contributed by atoms with Crippen LogP contribution in [0.15, 0.2) is 6.07 Å². The van der Waals surface area contributed by atoms with Gasteiger partial charge in [-0.2, -0.15) is 5.10 Å². The molecule has 0 radical (unpaired) electrons. The highest BCUT2D eigenvalue weighted by atomic mass is 28.3. The van der Waals surface area contributed by atoms with E-state index in [4.69, 9.17) is 14.6 Å². The van der Waals surface area contributed by atoms with E-state index >= 15 is 4.39 Å². The summed E-state index contributed by atoms with van der Waals surface area (Å²) < 4.78 is 46.0. The molecular formula is C29H43F2N5O4Si2. The number of nitrogens with zero attached hydrogens (tertiary/aromatic N) is 4. The Labute approximate surface area is 247 Å². The highest BCUT2D eigenvalue weighted by Gasteiger charge is 2.54. The first-order chi connectivity index (χ1) is 19.6. The average Bonchev–Trinajstić information content (AvgIpc) is 3.23. The standard InChI is InChI=1S/C29H43F2N5O4Si2/c1-29-14-18(29)12-19-22(15-29)36(17-40-9-11-42(5,6)7)34-25(19)27-33-26-21(35(27)16-39-8-10-41(2,3)4)13-20(32-28(37)38)23(30)24(26)31/h13,18,32H,8-12,14-17H2,1-7H3,(H,37,38)/t18-,29-/m1/s1. The maximum Gasteiger partial charge on any atom is 0.409 e. The third-order valence-corrected chi connectivity index (χ3v) is 11.9. The monoisotopic (exact) mass is 619 g/mol. The fraction of sp³-hybridized carbons (Fsp3) is 0.621. The summed E-state index contributed by atoms with van der Waals surface area (Å²) in [5.41, 5.74) is 2.60. The van der Waals surface area contributed by atoms with Crippen LogP contribution in [0.3, 0.4) is 0 Å². The summed E-state index contributed by atoms with van der Waals surface area (Å²) in [4.78, 5) is 15.9. The number of halogens is 2. The van der Waals surface area contributed by atoms with Crippen molar-refractivity contribution >= 4 is 39.0 Å². The Morgan fingerprint density at radius 1 is 1.10 bits per heavy atom. The summed E-state index contributed by atoms with van der Waals surface area (Å²) in [7, 11) is -2.63. The van der Waals surface area contributed by atoms with E-state index in [2.05, 4.69) is 51.2 Å². The maximum atomic E-state index is 15.4. The van der Waals surface area contributed by atoms with Gasteiger partial charge in [-0.15, -0.1) is 0 Å². The van der Waals surface area contributed by atoms with Gasteiger partial charge in [0.15, 0.2) is 17.5 Å². The van der Waals surface area contributed by atoms with Gasteiger partial charge in [0, 0.05) is 40.6 Å². The average molecular weight is 620 g/mol. The molecule has 2 aliphatic carbocycles. The lowest BCUT2D eigenvalue weighted by Gasteiger charge is -2.20. The molecular weight excluding hydrogens is 577 g/mol. The van der Waals surface area contributed by atoms with Crippen LogP contribution < -0.4 is 5.32 Å². The van der Waals surface area contributed by atoms with E-state index in [9.17, 15) is 14.3 Å². The number of amides is 1. The Bertz CT molecular complexity index is 1510. The minimum Gasteiger partial charge on any atom is -0.465 e.